The first-order chi connectivity index (χ1) is 9.22. The summed E-state index contributed by atoms with van der Waals surface area (Å²) in [4.78, 5) is 0. The Morgan fingerprint density at radius 2 is 1.00 bits per heavy atom. The van der Waals surface area contributed by atoms with Crippen molar-refractivity contribution < 1.29 is 10.2 Å². The molecule has 2 aromatic carbocycles. The van der Waals surface area contributed by atoms with E-state index in [1.807, 2.05) is 46.8 Å². The fraction of sp³-hybridized carbons (Fsp3) is 0.333. The average Bonchev–Trinajstić information content (AvgIpc) is 2.33. The van der Waals surface area contributed by atoms with E-state index in [1.165, 1.54) is 11.1 Å². The second-order valence-corrected chi connectivity index (χ2v) is 5.45. The van der Waals surface area contributed by atoms with Gasteiger partial charge in [0, 0.05) is 0 Å². The number of aromatic hydroxyl groups is 2. The molecule has 2 N–H and O–H groups in total. The van der Waals surface area contributed by atoms with E-state index >= 15 is 0 Å². The van der Waals surface area contributed by atoms with Crippen molar-refractivity contribution in [3.63, 3.8) is 0 Å². The lowest BCUT2D eigenvalue weighted by atomic mass is 10.0. The van der Waals surface area contributed by atoms with Crippen LogP contribution in [0.15, 0.2) is 24.3 Å². The number of rotatable bonds is 0. The van der Waals surface area contributed by atoms with Gasteiger partial charge < -0.3 is 10.2 Å². The molecular weight excluding hydrogens is 248 g/mol. The van der Waals surface area contributed by atoms with Gasteiger partial charge in [-0.1, -0.05) is 17.7 Å². The van der Waals surface area contributed by atoms with E-state index in [-0.39, 0.29) is 0 Å². The SMILES string of the molecule is Cc1cc(C)c(O)c(C)c1.Cc1cc(O)cc(C)c1C. The lowest BCUT2D eigenvalue weighted by Crippen LogP contribution is -1.84. The van der Waals surface area contributed by atoms with E-state index < -0.39 is 0 Å². The van der Waals surface area contributed by atoms with Gasteiger partial charge in [0.1, 0.15) is 11.5 Å². The van der Waals surface area contributed by atoms with Crippen molar-refractivity contribution in [3.05, 3.63) is 57.6 Å². The van der Waals surface area contributed by atoms with Crippen LogP contribution in [0, 0.1) is 41.5 Å². The van der Waals surface area contributed by atoms with Crippen molar-refractivity contribution in [3.8, 4) is 11.5 Å². The minimum atomic E-state index is 0.362. The Labute approximate surface area is 121 Å². The monoisotopic (exact) mass is 272 g/mol. The number of hydrogen-bond donors (Lipinski definition) is 2. The molecule has 0 bridgehead atoms. The minimum Gasteiger partial charge on any atom is -0.508 e. The summed E-state index contributed by atoms with van der Waals surface area (Å²) in [6, 6.07) is 7.51. The highest BCUT2D eigenvalue weighted by Gasteiger charge is 1.99. The molecule has 0 radical (unpaired) electrons. The van der Waals surface area contributed by atoms with Gasteiger partial charge in [0.05, 0.1) is 0 Å². The molecule has 0 amide bonds. The highest BCUT2D eigenvalue weighted by atomic mass is 16.3. The van der Waals surface area contributed by atoms with Crippen LogP contribution in [0.3, 0.4) is 0 Å². The molecule has 0 heterocycles. The second kappa shape index (κ2) is 6.47. The fourth-order valence-electron chi connectivity index (χ4n) is 2.19. The summed E-state index contributed by atoms with van der Waals surface area (Å²) in [6.07, 6.45) is 0. The van der Waals surface area contributed by atoms with Crippen LogP contribution in [0.1, 0.15) is 33.4 Å². The summed E-state index contributed by atoms with van der Waals surface area (Å²) in [5.74, 6) is 0.784. The Kier molecular flexibility index (Phi) is 5.20. The van der Waals surface area contributed by atoms with Gasteiger partial charge in [0.25, 0.3) is 0 Å². The summed E-state index contributed by atoms with van der Waals surface area (Å²) in [5, 5.41) is 18.4. The standard InChI is InChI=1S/2C9H12O/c1-6-4-9(10)5-7(2)8(6)3;1-6-4-7(2)9(10)8(3)5-6/h2*4-5,10H,1-3H3. The average molecular weight is 272 g/mol. The molecule has 2 aromatic rings. The van der Waals surface area contributed by atoms with Crippen molar-refractivity contribution in [2.24, 2.45) is 0 Å². The molecular formula is C18H24O2. The van der Waals surface area contributed by atoms with Crippen LogP contribution in [0.4, 0.5) is 0 Å². The van der Waals surface area contributed by atoms with Crippen LogP contribution in [0.5, 0.6) is 11.5 Å². The van der Waals surface area contributed by atoms with E-state index in [9.17, 15) is 5.11 Å². The molecule has 2 nitrogen and oxygen atoms in total. The molecule has 0 saturated carbocycles. The van der Waals surface area contributed by atoms with Gasteiger partial charge in [0.15, 0.2) is 0 Å². The van der Waals surface area contributed by atoms with Gasteiger partial charge in [-0.2, -0.15) is 0 Å². The van der Waals surface area contributed by atoms with E-state index in [4.69, 9.17) is 5.11 Å². The smallest absolute Gasteiger partial charge is 0.121 e. The summed E-state index contributed by atoms with van der Waals surface area (Å²) in [6.45, 7) is 11.9. The zero-order valence-electron chi connectivity index (χ0n) is 13.2. The minimum absolute atomic E-state index is 0.362. The maximum Gasteiger partial charge on any atom is 0.121 e. The second-order valence-electron chi connectivity index (χ2n) is 5.45. The Morgan fingerprint density at radius 3 is 1.40 bits per heavy atom. The van der Waals surface area contributed by atoms with Crippen molar-refractivity contribution in [2.45, 2.75) is 41.5 Å². The molecule has 0 spiro atoms. The fourth-order valence-corrected chi connectivity index (χ4v) is 2.19. The van der Waals surface area contributed by atoms with Crippen molar-refractivity contribution >= 4 is 0 Å². The van der Waals surface area contributed by atoms with Gasteiger partial charge >= 0.3 is 0 Å². The highest BCUT2D eigenvalue weighted by Crippen LogP contribution is 2.22. The summed E-state index contributed by atoms with van der Waals surface area (Å²) >= 11 is 0. The predicted molar refractivity (Wildman–Crippen MR) is 84.6 cm³/mol. The van der Waals surface area contributed by atoms with Crippen LogP contribution in [0.25, 0.3) is 0 Å². The topological polar surface area (TPSA) is 40.5 Å². The highest BCUT2D eigenvalue weighted by molar-refractivity contribution is 5.41. The molecule has 0 aliphatic carbocycles. The quantitative estimate of drug-likeness (QED) is 0.733. The third kappa shape index (κ3) is 4.02. The zero-order chi connectivity index (χ0) is 15.4. The molecule has 0 atom stereocenters. The molecule has 108 valence electrons. The Hall–Kier alpha value is -1.96. The van der Waals surface area contributed by atoms with E-state index in [0.29, 0.717) is 11.5 Å². The lowest BCUT2D eigenvalue weighted by Gasteiger charge is -2.03. The lowest BCUT2D eigenvalue weighted by molar-refractivity contribution is 0.466. The largest absolute Gasteiger partial charge is 0.508 e. The van der Waals surface area contributed by atoms with E-state index in [2.05, 4.69) is 6.92 Å². The molecule has 0 unspecified atom stereocenters. The van der Waals surface area contributed by atoms with Crippen LogP contribution in [0.2, 0.25) is 0 Å². The van der Waals surface area contributed by atoms with Gasteiger partial charge in [-0.05, 0) is 81.5 Å². The molecule has 2 heteroatoms. The molecule has 0 aliphatic rings. The number of aryl methyl sites for hydroxylation is 5. The first kappa shape index (κ1) is 16.1. The molecule has 2 rings (SSSR count). The zero-order valence-corrected chi connectivity index (χ0v) is 13.2. The Bertz CT molecular complexity index is 511. The molecule has 0 aliphatic heterocycles. The number of benzene rings is 2. The van der Waals surface area contributed by atoms with Crippen LogP contribution >= 0.6 is 0 Å². The first-order valence-corrected chi connectivity index (χ1v) is 6.76. The molecule has 0 saturated heterocycles. The number of phenolic OH excluding ortho intramolecular Hbond substituents is 2. The summed E-state index contributed by atoms with van der Waals surface area (Å²) in [7, 11) is 0. The maximum absolute atomic E-state index is 9.33. The molecule has 0 fully saturated rings. The van der Waals surface area contributed by atoms with Crippen molar-refractivity contribution in [1.82, 2.24) is 0 Å². The molecule has 0 aromatic heterocycles. The summed E-state index contributed by atoms with van der Waals surface area (Å²) in [5.41, 5.74) is 6.68. The van der Waals surface area contributed by atoms with Crippen molar-refractivity contribution in [2.75, 3.05) is 0 Å². The van der Waals surface area contributed by atoms with Gasteiger partial charge in [0.2, 0.25) is 0 Å². The van der Waals surface area contributed by atoms with Crippen LogP contribution in [-0.2, 0) is 0 Å². The van der Waals surface area contributed by atoms with Crippen LogP contribution < -0.4 is 0 Å². The molecule has 20 heavy (non-hydrogen) atoms. The maximum atomic E-state index is 9.33. The van der Waals surface area contributed by atoms with Gasteiger partial charge in [-0.15, -0.1) is 0 Å². The van der Waals surface area contributed by atoms with Gasteiger partial charge in [-0.3, -0.25) is 0 Å². The summed E-state index contributed by atoms with van der Waals surface area (Å²) < 4.78 is 0. The van der Waals surface area contributed by atoms with Crippen LogP contribution in [-0.4, -0.2) is 10.2 Å². The number of phenols is 2. The van der Waals surface area contributed by atoms with E-state index in [1.54, 1.807) is 12.1 Å². The third-order valence-electron chi connectivity index (χ3n) is 3.55. The van der Waals surface area contributed by atoms with Crippen molar-refractivity contribution in [1.29, 1.82) is 0 Å². The van der Waals surface area contributed by atoms with E-state index in [0.717, 1.165) is 22.3 Å². The first-order valence-electron chi connectivity index (χ1n) is 6.76. The van der Waals surface area contributed by atoms with Gasteiger partial charge in [-0.25, -0.2) is 0 Å². The Morgan fingerprint density at radius 1 is 0.600 bits per heavy atom. The number of hydrogen-bond acceptors (Lipinski definition) is 2. The third-order valence-corrected chi connectivity index (χ3v) is 3.55. The normalized spacial score (nSPS) is 9.90. The predicted octanol–water partition coefficient (Wildman–Crippen LogP) is 4.63. The Balaban J connectivity index is 0.000000200.